The quantitative estimate of drug-likeness (QED) is 0.552. The second-order valence-electron chi connectivity index (χ2n) is 6.02. The number of hydrogen-bond donors (Lipinski definition) is 0. The molecule has 0 spiro atoms. The second-order valence-corrected chi connectivity index (χ2v) is 6.02. The molecule has 4 rings (SSSR count). The molecule has 1 unspecified atom stereocenters. The fourth-order valence-electron chi connectivity index (χ4n) is 2.80. The highest BCUT2D eigenvalue weighted by atomic mass is 16.5. The minimum Gasteiger partial charge on any atom is -0.363 e. The highest BCUT2D eigenvalue weighted by Gasteiger charge is 2.20. The maximum absolute atomic E-state index is 5.48. The third-order valence-electron chi connectivity index (χ3n) is 4.44. The van der Waals surface area contributed by atoms with E-state index in [1.54, 1.807) is 12.4 Å². The van der Waals surface area contributed by atoms with E-state index < -0.39 is 0 Å². The summed E-state index contributed by atoms with van der Waals surface area (Å²) in [6.45, 7) is 2.05. The molecule has 5 nitrogen and oxygen atoms in total. The summed E-state index contributed by atoms with van der Waals surface area (Å²) in [5, 5.41) is 6.52. The van der Waals surface area contributed by atoms with Crippen LogP contribution in [0.1, 0.15) is 18.9 Å². The number of fused-ring (bicyclic) bond motifs is 1. The minimum atomic E-state index is -0.0425. The van der Waals surface area contributed by atoms with Crippen molar-refractivity contribution in [2.45, 2.75) is 13.0 Å². The molecule has 4 aromatic rings. The first kappa shape index (κ1) is 15.3. The molecular formula is C20H18N4O. The Morgan fingerprint density at radius 3 is 2.64 bits per heavy atom. The van der Waals surface area contributed by atoms with Gasteiger partial charge < -0.3 is 9.42 Å². The highest BCUT2D eigenvalue weighted by Crippen LogP contribution is 2.28. The number of rotatable bonds is 4. The summed E-state index contributed by atoms with van der Waals surface area (Å²) >= 11 is 0. The molecule has 2 aromatic heterocycles. The van der Waals surface area contributed by atoms with E-state index in [1.807, 2.05) is 31.3 Å². The molecule has 5 heteroatoms. The van der Waals surface area contributed by atoms with Gasteiger partial charge in [0.05, 0.1) is 0 Å². The normalized spacial score (nSPS) is 12.2. The van der Waals surface area contributed by atoms with Gasteiger partial charge in [0.25, 0.3) is 0 Å². The molecule has 1 atom stereocenters. The average molecular weight is 330 g/mol. The molecule has 0 aliphatic carbocycles. The van der Waals surface area contributed by atoms with Crippen LogP contribution < -0.4 is 4.90 Å². The second kappa shape index (κ2) is 6.36. The van der Waals surface area contributed by atoms with Gasteiger partial charge in [-0.15, -0.1) is 0 Å². The van der Waals surface area contributed by atoms with Crippen molar-refractivity contribution in [3.05, 3.63) is 72.9 Å². The van der Waals surface area contributed by atoms with Crippen LogP contribution in [0.15, 0.2) is 71.5 Å². The standard InChI is InChI=1S/C20H18N4O/c1-14(20-22-19(23-25-20)17-8-5-11-21-13-17)24(2)18-10-9-15-6-3-4-7-16(15)12-18/h3-14H,1-2H3. The summed E-state index contributed by atoms with van der Waals surface area (Å²) in [6, 6.07) is 18.5. The van der Waals surface area contributed by atoms with Crippen LogP contribution >= 0.6 is 0 Å². The van der Waals surface area contributed by atoms with Crippen LogP contribution in [-0.4, -0.2) is 22.2 Å². The van der Waals surface area contributed by atoms with Crippen LogP contribution in [0.4, 0.5) is 5.69 Å². The van der Waals surface area contributed by atoms with E-state index in [1.165, 1.54) is 10.8 Å². The third kappa shape index (κ3) is 2.96. The first-order chi connectivity index (χ1) is 12.2. The monoisotopic (exact) mass is 330 g/mol. The van der Waals surface area contributed by atoms with E-state index in [9.17, 15) is 0 Å². The van der Waals surface area contributed by atoms with Gasteiger partial charge in [-0.2, -0.15) is 4.98 Å². The van der Waals surface area contributed by atoms with Crippen molar-refractivity contribution in [1.82, 2.24) is 15.1 Å². The van der Waals surface area contributed by atoms with Crippen LogP contribution in [0.25, 0.3) is 22.2 Å². The largest absolute Gasteiger partial charge is 0.363 e. The molecule has 0 amide bonds. The van der Waals surface area contributed by atoms with E-state index >= 15 is 0 Å². The molecular weight excluding hydrogens is 312 g/mol. The Balaban J connectivity index is 1.61. The molecule has 0 aliphatic rings. The fourth-order valence-corrected chi connectivity index (χ4v) is 2.80. The molecule has 0 saturated heterocycles. The molecule has 0 fully saturated rings. The molecule has 0 aliphatic heterocycles. The highest BCUT2D eigenvalue weighted by molar-refractivity contribution is 5.85. The number of nitrogens with zero attached hydrogens (tertiary/aromatic N) is 4. The van der Waals surface area contributed by atoms with Crippen molar-refractivity contribution >= 4 is 16.5 Å². The lowest BCUT2D eigenvalue weighted by Crippen LogP contribution is -2.21. The van der Waals surface area contributed by atoms with Crippen LogP contribution in [0.3, 0.4) is 0 Å². The van der Waals surface area contributed by atoms with Crippen molar-refractivity contribution < 1.29 is 4.52 Å². The smallest absolute Gasteiger partial charge is 0.249 e. The van der Waals surface area contributed by atoms with Crippen molar-refractivity contribution in [3.8, 4) is 11.4 Å². The lowest BCUT2D eigenvalue weighted by molar-refractivity contribution is 0.358. The van der Waals surface area contributed by atoms with Crippen LogP contribution in [0.5, 0.6) is 0 Å². The van der Waals surface area contributed by atoms with Gasteiger partial charge in [0.15, 0.2) is 0 Å². The summed E-state index contributed by atoms with van der Waals surface area (Å²) in [7, 11) is 2.03. The Labute approximate surface area is 145 Å². The van der Waals surface area contributed by atoms with Gasteiger partial charge in [0.1, 0.15) is 6.04 Å². The van der Waals surface area contributed by atoms with E-state index in [0.717, 1.165) is 11.3 Å². The first-order valence-electron chi connectivity index (χ1n) is 8.18. The first-order valence-corrected chi connectivity index (χ1v) is 8.18. The molecule has 124 valence electrons. The number of hydrogen-bond acceptors (Lipinski definition) is 5. The molecule has 0 saturated carbocycles. The number of benzene rings is 2. The summed E-state index contributed by atoms with van der Waals surface area (Å²) in [6.07, 6.45) is 3.45. The molecule has 0 N–H and O–H groups in total. The van der Waals surface area contributed by atoms with E-state index in [2.05, 4.69) is 57.3 Å². The Bertz CT molecular complexity index is 997. The topological polar surface area (TPSA) is 55.1 Å². The third-order valence-corrected chi connectivity index (χ3v) is 4.44. The summed E-state index contributed by atoms with van der Waals surface area (Å²) in [5.74, 6) is 1.14. The summed E-state index contributed by atoms with van der Waals surface area (Å²) in [4.78, 5) is 10.8. The number of pyridine rings is 1. The zero-order valence-corrected chi connectivity index (χ0v) is 14.1. The van der Waals surface area contributed by atoms with Gasteiger partial charge in [-0.1, -0.05) is 35.5 Å². The molecule has 25 heavy (non-hydrogen) atoms. The predicted molar refractivity (Wildman–Crippen MR) is 98.3 cm³/mol. The molecule has 2 aromatic carbocycles. The zero-order valence-electron chi connectivity index (χ0n) is 14.1. The number of aromatic nitrogens is 3. The lowest BCUT2D eigenvalue weighted by Gasteiger charge is -2.24. The zero-order chi connectivity index (χ0) is 17.2. The Morgan fingerprint density at radius 1 is 1.00 bits per heavy atom. The van der Waals surface area contributed by atoms with Gasteiger partial charge in [0, 0.05) is 30.7 Å². The van der Waals surface area contributed by atoms with E-state index in [0.29, 0.717) is 11.7 Å². The maximum atomic E-state index is 5.48. The molecule has 2 heterocycles. The van der Waals surface area contributed by atoms with Gasteiger partial charge in [-0.05, 0) is 42.0 Å². The number of anilines is 1. The van der Waals surface area contributed by atoms with Gasteiger partial charge in [-0.3, -0.25) is 4.98 Å². The van der Waals surface area contributed by atoms with E-state index in [4.69, 9.17) is 4.52 Å². The van der Waals surface area contributed by atoms with Gasteiger partial charge in [0.2, 0.25) is 11.7 Å². The Morgan fingerprint density at radius 2 is 1.84 bits per heavy atom. The maximum Gasteiger partial charge on any atom is 0.249 e. The van der Waals surface area contributed by atoms with Gasteiger partial charge >= 0.3 is 0 Å². The van der Waals surface area contributed by atoms with Crippen molar-refractivity contribution in [2.75, 3.05) is 11.9 Å². The van der Waals surface area contributed by atoms with Crippen molar-refractivity contribution in [2.24, 2.45) is 0 Å². The minimum absolute atomic E-state index is 0.0425. The molecule has 0 radical (unpaired) electrons. The van der Waals surface area contributed by atoms with Crippen LogP contribution in [0, 0.1) is 0 Å². The SMILES string of the molecule is CC(c1nc(-c2cccnc2)no1)N(C)c1ccc2ccccc2c1. The van der Waals surface area contributed by atoms with Crippen molar-refractivity contribution in [3.63, 3.8) is 0 Å². The fraction of sp³-hybridized carbons (Fsp3) is 0.150. The lowest BCUT2D eigenvalue weighted by atomic mass is 10.1. The average Bonchev–Trinajstić information content (AvgIpc) is 3.17. The molecule has 0 bridgehead atoms. The van der Waals surface area contributed by atoms with Crippen molar-refractivity contribution in [1.29, 1.82) is 0 Å². The van der Waals surface area contributed by atoms with Crippen LogP contribution in [0.2, 0.25) is 0 Å². The summed E-state index contributed by atoms with van der Waals surface area (Å²) < 4.78 is 5.48. The predicted octanol–water partition coefficient (Wildman–Crippen LogP) is 4.48. The van der Waals surface area contributed by atoms with Gasteiger partial charge in [-0.25, -0.2) is 0 Å². The Hall–Kier alpha value is -3.21. The Kier molecular flexibility index (Phi) is 3.90. The van der Waals surface area contributed by atoms with E-state index in [-0.39, 0.29) is 6.04 Å². The summed E-state index contributed by atoms with van der Waals surface area (Å²) in [5.41, 5.74) is 1.95. The van der Waals surface area contributed by atoms with Crippen LogP contribution in [-0.2, 0) is 0 Å².